The van der Waals surface area contributed by atoms with E-state index >= 15 is 0 Å². The number of anilines is 2. The van der Waals surface area contributed by atoms with Crippen molar-refractivity contribution in [1.82, 2.24) is 0 Å². The highest BCUT2D eigenvalue weighted by Gasteiger charge is 2.35. The van der Waals surface area contributed by atoms with Gasteiger partial charge in [0.1, 0.15) is 11.5 Å². The average molecular weight is 290 g/mol. The molecule has 114 valence electrons. The number of nitrogen functional groups attached to an aromatic ring is 1. The van der Waals surface area contributed by atoms with Crippen molar-refractivity contribution in [3.05, 3.63) is 24.0 Å². The predicted molar refractivity (Wildman–Crippen MR) is 82.2 cm³/mol. The van der Waals surface area contributed by atoms with Crippen LogP contribution in [-0.2, 0) is 4.79 Å². The van der Waals surface area contributed by atoms with Gasteiger partial charge in [0.25, 0.3) is 0 Å². The minimum atomic E-state index is -0.463. The van der Waals surface area contributed by atoms with Crippen molar-refractivity contribution in [3.63, 3.8) is 0 Å². The standard InChI is InChI=1S/C17H23FN2O/c18-14-6-3-7-15(19)16(14)20-17(21)13-9-8-11-4-1-2-5-12(11)10-13/h3,6-7,11-13H,1-2,4-5,8-10,19H2,(H,20,21). The Kier molecular flexibility index (Phi) is 4.13. The third-order valence-electron chi connectivity index (χ3n) is 5.20. The van der Waals surface area contributed by atoms with Crippen molar-refractivity contribution in [3.8, 4) is 0 Å². The van der Waals surface area contributed by atoms with Gasteiger partial charge in [0.15, 0.2) is 0 Å². The van der Waals surface area contributed by atoms with Crippen LogP contribution in [0.4, 0.5) is 15.8 Å². The first kappa shape index (κ1) is 14.4. The highest BCUT2D eigenvalue weighted by Crippen LogP contribution is 2.43. The lowest BCUT2D eigenvalue weighted by molar-refractivity contribution is -0.122. The number of fused-ring (bicyclic) bond motifs is 1. The number of carbonyl (C=O) groups is 1. The van der Waals surface area contributed by atoms with Gasteiger partial charge in [-0.25, -0.2) is 4.39 Å². The molecular weight excluding hydrogens is 267 g/mol. The molecule has 1 amide bonds. The van der Waals surface area contributed by atoms with Gasteiger partial charge in [0.05, 0.1) is 5.69 Å². The van der Waals surface area contributed by atoms with Gasteiger partial charge in [0.2, 0.25) is 5.91 Å². The topological polar surface area (TPSA) is 55.1 Å². The summed E-state index contributed by atoms with van der Waals surface area (Å²) < 4.78 is 13.8. The molecule has 0 bridgehead atoms. The minimum absolute atomic E-state index is 0.00311. The molecule has 3 unspecified atom stereocenters. The maximum absolute atomic E-state index is 13.8. The van der Waals surface area contributed by atoms with Gasteiger partial charge in [-0.3, -0.25) is 4.79 Å². The van der Waals surface area contributed by atoms with Crippen molar-refractivity contribution in [2.24, 2.45) is 17.8 Å². The fourth-order valence-corrected chi connectivity index (χ4v) is 4.01. The van der Waals surface area contributed by atoms with Crippen LogP contribution < -0.4 is 11.1 Å². The van der Waals surface area contributed by atoms with Crippen LogP contribution in [0.3, 0.4) is 0 Å². The van der Waals surface area contributed by atoms with Crippen molar-refractivity contribution in [2.75, 3.05) is 11.1 Å². The number of nitrogens with two attached hydrogens (primary N) is 1. The van der Waals surface area contributed by atoms with Crippen LogP contribution in [-0.4, -0.2) is 5.91 Å². The second-order valence-electron chi connectivity index (χ2n) is 6.51. The van der Waals surface area contributed by atoms with Crippen LogP contribution in [0.25, 0.3) is 0 Å². The summed E-state index contributed by atoms with van der Waals surface area (Å²) in [6.45, 7) is 0. The minimum Gasteiger partial charge on any atom is -0.397 e. The lowest BCUT2D eigenvalue weighted by atomic mass is 9.67. The summed E-state index contributed by atoms with van der Waals surface area (Å²) in [4.78, 5) is 12.4. The van der Waals surface area contributed by atoms with Crippen LogP contribution in [0.2, 0.25) is 0 Å². The van der Waals surface area contributed by atoms with E-state index in [-0.39, 0.29) is 23.2 Å². The third-order valence-corrected chi connectivity index (χ3v) is 5.20. The van der Waals surface area contributed by atoms with Gasteiger partial charge in [-0.2, -0.15) is 0 Å². The van der Waals surface area contributed by atoms with Gasteiger partial charge in [-0.1, -0.05) is 31.7 Å². The molecule has 0 heterocycles. The number of benzene rings is 1. The summed E-state index contributed by atoms with van der Waals surface area (Å²) in [5.41, 5.74) is 6.17. The quantitative estimate of drug-likeness (QED) is 0.810. The normalized spacial score (nSPS) is 28.7. The fraction of sp³-hybridized carbons (Fsp3) is 0.588. The molecule has 21 heavy (non-hydrogen) atoms. The zero-order valence-corrected chi connectivity index (χ0v) is 12.3. The Morgan fingerprint density at radius 2 is 1.90 bits per heavy atom. The number of hydrogen-bond acceptors (Lipinski definition) is 2. The molecule has 2 aliphatic carbocycles. The molecule has 2 aliphatic rings. The molecule has 0 saturated heterocycles. The summed E-state index contributed by atoms with van der Waals surface area (Å²) >= 11 is 0. The Morgan fingerprint density at radius 3 is 2.67 bits per heavy atom. The number of amides is 1. The maximum Gasteiger partial charge on any atom is 0.227 e. The first-order valence-corrected chi connectivity index (χ1v) is 8.00. The maximum atomic E-state index is 13.8. The van der Waals surface area contributed by atoms with Crippen molar-refractivity contribution < 1.29 is 9.18 Å². The third kappa shape index (κ3) is 3.04. The van der Waals surface area contributed by atoms with Gasteiger partial charge in [-0.05, 0) is 43.2 Å². The average Bonchev–Trinajstić information content (AvgIpc) is 2.50. The Balaban J connectivity index is 1.66. The van der Waals surface area contributed by atoms with Gasteiger partial charge >= 0.3 is 0 Å². The Hall–Kier alpha value is -1.58. The lowest BCUT2D eigenvalue weighted by Gasteiger charge is -2.38. The molecule has 2 saturated carbocycles. The van der Waals surface area contributed by atoms with Crippen LogP contribution >= 0.6 is 0 Å². The number of hydrogen-bond donors (Lipinski definition) is 2. The molecule has 0 aromatic heterocycles. The van der Waals surface area contributed by atoms with Crippen LogP contribution in [0, 0.1) is 23.6 Å². The first-order valence-electron chi connectivity index (χ1n) is 8.00. The number of para-hydroxylation sites is 1. The molecule has 2 fully saturated rings. The molecule has 3 N–H and O–H groups in total. The van der Waals surface area contributed by atoms with E-state index in [0.717, 1.165) is 25.2 Å². The summed E-state index contributed by atoms with van der Waals surface area (Å²) in [5, 5.41) is 2.70. The number of carbonyl (C=O) groups excluding carboxylic acids is 1. The Bertz CT molecular complexity index is 511. The van der Waals surface area contributed by atoms with E-state index < -0.39 is 5.82 Å². The smallest absolute Gasteiger partial charge is 0.227 e. The summed E-state index contributed by atoms with van der Waals surface area (Å²) in [5.74, 6) is 0.955. The van der Waals surface area contributed by atoms with E-state index in [9.17, 15) is 9.18 Å². The first-order chi connectivity index (χ1) is 10.1. The Morgan fingerprint density at radius 1 is 1.14 bits per heavy atom. The number of rotatable bonds is 2. The van der Waals surface area contributed by atoms with Gasteiger partial charge in [-0.15, -0.1) is 0 Å². The van der Waals surface area contributed by atoms with E-state index in [2.05, 4.69) is 5.32 Å². The van der Waals surface area contributed by atoms with E-state index in [0.29, 0.717) is 5.92 Å². The molecular formula is C17H23FN2O. The number of halogens is 1. The molecule has 3 nitrogen and oxygen atoms in total. The zero-order valence-electron chi connectivity index (χ0n) is 12.3. The molecule has 1 aromatic rings. The van der Waals surface area contributed by atoms with Crippen LogP contribution in [0.1, 0.15) is 44.9 Å². The highest BCUT2D eigenvalue weighted by molar-refractivity contribution is 5.95. The molecule has 4 heteroatoms. The van der Waals surface area contributed by atoms with Crippen LogP contribution in [0.15, 0.2) is 18.2 Å². The highest BCUT2D eigenvalue weighted by atomic mass is 19.1. The largest absolute Gasteiger partial charge is 0.397 e. The molecule has 3 atom stereocenters. The van der Waals surface area contributed by atoms with E-state index in [1.807, 2.05) is 0 Å². The summed E-state index contributed by atoms with van der Waals surface area (Å²) in [7, 11) is 0. The molecule has 3 rings (SSSR count). The molecule has 1 aromatic carbocycles. The molecule has 0 aliphatic heterocycles. The second kappa shape index (κ2) is 6.04. The SMILES string of the molecule is Nc1cccc(F)c1NC(=O)C1CCC2CCCCC2C1. The van der Waals surface area contributed by atoms with Gasteiger partial charge < -0.3 is 11.1 Å². The van der Waals surface area contributed by atoms with Gasteiger partial charge in [0, 0.05) is 5.92 Å². The van der Waals surface area contributed by atoms with E-state index in [4.69, 9.17) is 5.73 Å². The van der Waals surface area contributed by atoms with Crippen LogP contribution in [0.5, 0.6) is 0 Å². The van der Waals surface area contributed by atoms with Crippen molar-refractivity contribution in [2.45, 2.75) is 44.9 Å². The molecule has 0 radical (unpaired) electrons. The summed E-state index contributed by atoms with van der Waals surface area (Å²) in [6.07, 6.45) is 8.19. The van der Waals surface area contributed by atoms with E-state index in [1.165, 1.54) is 31.7 Å². The summed E-state index contributed by atoms with van der Waals surface area (Å²) in [6, 6.07) is 4.48. The van der Waals surface area contributed by atoms with Crippen molar-refractivity contribution >= 4 is 17.3 Å². The fourth-order valence-electron chi connectivity index (χ4n) is 4.01. The monoisotopic (exact) mass is 290 g/mol. The zero-order chi connectivity index (χ0) is 14.8. The predicted octanol–water partition coefficient (Wildman–Crippen LogP) is 3.95. The second-order valence-corrected chi connectivity index (χ2v) is 6.51. The van der Waals surface area contributed by atoms with E-state index in [1.54, 1.807) is 12.1 Å². The lowest BCUT2D eigenvalue weighted by Crippen LogP contribution is -2.34. The number of nitrogens with one attached hydrogen (secondary N) is 1. The van der Waals surface area contributed by atoms with Crippen molar-refractivity contribution in [1.29, 1.82) is 0 Å². The Labute approximate surface area is 125 Å². The molecule has 0 spiro atoms.